The molecule has 2 heterocycles. The second kappa shape index (κ2) is 5.76. The lowest BCUT2D eigenvalue weighted by molar-refractivity contribution is 0.0361. The van der Waals surface area contributed by atoms with Crippen LogP contribution < -0.4 is 5.32 Å². The molecule has 0 radical (unpaired) electrons. The van der Waals surface area contributed by atoms with E-state index in [0.29, 0.717) is 5.92 Å². The van der Waals surface area contributed by atoms with E-state index in [2.05, 4.69) is 24.4 Å². The minimum atomic E-state index is 0.262. The molecule has 3 heteroatoms. The van der Waals surface area contributed by atoms with Crippen LogP contribution in [-0.2, 0) is 4.74 Å². The first-order valence-corrected chi connectivity index (χ1v) is 7.18. The fourth-order valence-electron chi connectivity index (χ4n) is 2.90. The predicted molar refractivity (Wildman–Crippen MR) is 76.2 cm³/mol. The van der Waals surface area contributed by atoms with Gasteiger partial charge in [-0.1, -0.05) is 25.1 Å². The maximum atomic E-state index is 6.02. The van der Waals surface area contributed by atoms with Gasteiger partial charge < -0.3 is 14.5 Å². The number of fused-ring (bicyclic) bond motifs is 1. The van der Waals surface area contributed by atoms with Gasteiger partial charge in [0.2, 0.25) is 0 Å². The molecule has 3 rings (SSSR count). The summed E-state index contributed by atoms with van der Waals surface area (Å²) in [5, 5.41) is 4.73. The maximum Gasteiger partial charge on any atom is 0.134 e. The van der Waals surface area contributed by atoms with Crippen LogP contribution in [0.4, 0.5) is 0 Å². The molecule has 19 heavy (non-hydrogen) atoms. The van der Waals surface area contributed by atoms with Gasteiger partial charge in [0, 0.05) is 17.9 Å². The molecule has 1 aliphatic rings. The Hall–Kier alpha value is -1.32. The van der Waals surface area contributed by atoms with E-state index in [9.17, 15) is 0 Å². The van der Waals surface area contributed by atoms with Crippen molar-refractivity contribution < 1.29 is 9.15 Å². The molecule has 0 amide bonds. The average Bonchev–Trinajstić information content (AvgIpc) is 2.89. The Kier molecular flexibility index (Phi) is 3.85. The van der Waals surface area contributed by atoms with Crippen LogP contribution in [0.25, 0.3) is 11.0 Å². The second-order valence-corrected chi connectivity index (χ2v) is 5.20. The van der Waals surface area contributed by atoms with Gasteiger partial charge >= 0.3 is 0 Å². The minimum absolute atomic E-state index is 0.262. The molecule has 0 saturated carbocycles. The largest absolute Gasteiger partial charge is 0.459 e. The summed E-state index contributed by atoms with van der Waals surface area (Å²) in [7, 11) is 0. The first-order valence-electron chi connectivity index (χ1n) is 7.18. The molecule has 2 unspecified atom stereocenters. The van der Waals surface area contributed by atoms with Crippen molar-refractivity contribution in [3.63, 3.8) is 0 Å². The summed E-state index contributed by atoms with van der Waals surface area (Å²) < 4.78 is 11.6. The Bertz CT molecular complexity index is 495. The smallest absolute Gasteiger partial charge is 0.134 e. The molecular weight excluding hydrogens is 238 g/mol. The lowest BCUT2D eigenvalue weighted by Gasteiger charge is -2.29. The van der Waals surface area contributed by atoms with Crippen molar-refractivity contribution in [1.82, 2.24) is 5.32 Å². The van der Waals surface area contributed by atoms with E-state index in [1.165, 1.54) is 11.8 Å². The molecule has 1 saturated heterocycles. The lowest BCUT2D eigenvalue weighted by atomic mass is 9.92. The summed E-state index contributed by atoms with van der Waals surface area (Å²) in [6, 6.07) is 10.6. The third-order valence-electron chi connectivity index (χ3n) is 3.84. The van der Waals surface area contributed by atoms with Gasteiger partial charge in [0.05, 0.1) is 12.6 Å². The van der Waals surface area contributed by atoms with Gasteiger partial charge in [-0.3, -0.25) is 0 Å². The van der Waals surface area contributed by atoms with Crippen LogP contribution >= 0.6 is 0 Å². The van der Waals surface area contributed by atoms with Gasteiger partial charge in [0.15, 0.2) is 0 Å². The number of hydrogen-bond donors (Lipinski definition) is 1. The first-order chi connectivity index (χ1) is 9.38. The number of rotatable bonds is 4. The summed E-state index contributed by atoms with van der Waals surface area (Å²) in [5.41, 5.74) is 0.970. The van der Waals surface area contributed by atoms with E-state index in [4.69, 9.17) is 9.15 Å². The Labute approximate surface area is 113 Å². The number of benzene rings is 1. The summed E-state index contributed by atoms with van der Waals surface area (Å²) in [6.45, 7) is 4.81. The fraction of sp³-hybridized carbons (Fsp3) is 0.500. The SMILES string of the molecule is CCNC(c1cc2ccccc2o1)C1CCCOC1. The molecule has 0 aliphatic carbocycles. The second-order valence-electron chi connectivity index (χ2n) is 5.20. The van der Waals surface area contributed by atoms with Gasteiger partial charge in [-0.25, -0.2) is 0 Å². The quantitative estimate of drug-likeness (QED) is 0.912. The van der Waals surface area contributed by atoms with E-state index in [0.717, 1.165) is 37.5 Å². The van der Waals surface area contributed by atoms with Crippen LogP contribution in [-0.4, -0.2) is 19.8 Å². The molecule has 1 aromatic heterocycles. The lowest BCUT2D eigenvalue weighted by Crippen LogP contribution is -2.33. The summed E-state index contributed by atoms with van der Waals surface area (Å²) in [4.78, 5) is 0. The highest BCUT2D eigenvalue weighted by Gasteiger charge is 2.27. The highest BCUT2D eigenvalue weighted by Crippen LogP contribution is 2.32. The van der Waals surface area contributed by atoms with Crippen LogP contribution in [0.2, 0.25) is 0 Å². The van der Waals surface area contributed by atoms with E-state index >= 15 is 0 Å². The van der Waals surface area contributed by atoms with Gasteiger partial charge in [-0.15, -0.1) is 0 Å². The topological polar surface area (TPSA) is 34.4 Å². The highest BCUT2D eigenvalue weighted by molar-refractivity contribution is 5.77. The van der Waals surface area contributed by atoms with Crippen molar-refractivity contribution in [3.8, 4) is 0 Å². The summed E-state index contributed by atoms with van der Waals surface area (Å²) >= 11 is 0. The van der Waals surface area contributed by atoms with Gasteiger partial charge in [-0.2, -0.15) is 0 Å². The van der Waals surface area contributed by atoms with E-state index in [1.54, 1.807) is 0 Å². The van der Waals surface area contributed by atoms with Crippen LogP contribution in [0.5, 0.6) is 0 Å². The Morgan fingerprint density at radius 2 is 2.26 bits per heavy atom. The average molecular weight is 259 g/mol. The van der Waals surface area contributed by atoms with Crippen LogP contribution in [0.3, 0.4) is 0 Å². The zero-order valence-corrected chi connectivity index (χ0v) is 11.4. The van der Waals surface area contributed by atoms with Crippen molar-refractivity contribution in [1.29, 1.82) is 0 Å². The van der Waals surface area contributed by atoms with Gasteiger partial charge in [0.1, 0.15) is 11.3 Å². The van der Waals surface area contributed by atoms with E-state index in [1.807, 2.05) is 18.2 Å². The Balaban J connectivity index is 1.89. The Morgan fingerprint density at radius 1 is 1.37 bits per heavy atom. The normalized spacial score (nSPS) is 21.6. The third-order valence-corrected chi connectivity index (χ3v) is 3.84. The van der Waals surface area contributed by atoms with Crippen molar-refractivity contribution in [2.45, 2.75) is 25.8 Å². The minimum Gasteiger partial charge on any atom is -0.459 e. The number of ether oxygens (including phenoxy) is 1. The standard InChI is InChI=1S/C16H21NO2/c1-2-17-16(13-7-5-9-18-11-13)15-10-12-6-3-4-8-14(12)19-15/h3-4,6,8,10,13,16-17H,2,5,7,9,11H2,1H3. The first kappa shape index (κ1) is 12.7. The highest BCUT2D eigenvalue weighted by atomic mass is 16.5. The number of hydrogen-bond acceptors (Lipinski definition) is 3. The summed E-state index contributed by atoms with van der Waals surface area (Å²) in [5.74, 6) is 1.55. The van der Waals surface area contributed by atoms with Crippen molar-refractivity contribution in [3.05, 3.63) is 36.1 Å². The maximum absolute atomic E-state index is 6.02. The van der Waals surface area contributed by atoms with Gasteiger partial charge in [-0.05, 0) is 31.5 Å². The molecule has 1 aromatic carbocycles. The molecule has 3 nitrogen and oxygen atoms in total. The molecule has 0 spiro atoms. The van der Waals surface area contributed by atoms with Gasteiger partial charge in [0.25, 0.3) is 0 Å². The van der Waals surface area contributed by atoms with E-state index < -0.39 is 0 Å². The number of furan rings is 1. The number of nitrogens with one attached hydrogen (secondary N) is 1. The van der Waals surface area contributed by atoms with Crippen LogP contribution in [0, 0.1) is 5.92 Å². The third kappa shape index (κ3) is 2.67. The zero-order valence-electron chi connectivity index (χ0n) is 11.4. The summed E-state index contributed by atoms with van der Waals surface area (Å²) in [6.07, 6.45) is 2.35. The molecular formula is C16H21NO2. The molecule has 102 valence electrons. The van der Waals surface area contributed by atoms with Crippen LogP contribution in [0.1, 0.15) is 31.6 Å². The van der Waals surface area contributed by atoms with Crippen molar-refractivity contribution >= 4 is 11.0 Å². The number of para-hydroxylation sites is 1. The zero-order chi connectivity index (χ0) is 13.1. The predicted octanol–water partition coefficient (Wildman–Crippen LogP) is 3.51. The monoisotopic (exact) mass is 259 g/mol. The molecule has 1 N–H and O–H groups in total. The van der Waals surface area contributed by atoms with Crippen molar-refractivity contribution in [2.75, 3.05) is 19.8 Å². The molecule has 0 bridgehead atoms. The van der Waals surface area contributed by atoms with Crippen LogP contribution in [0.15, 0.2) is 34.7 Å². The fourth-order valence-corrected chi connectivity index (χ4v) is 2.90. The molecule has 1 aliphatic heterocycles. The van der Waals surface area contributed by atoms with Crippen molar-refractivity contribution in [2.24, 2.45) is 5.92 Å². The Morgan fingerprint density at radius 3 is 3.00 bits per heavy atom. The molecule has 1 fully saturated rings. The van der Waals surface area contributed by atoms with E-state index in [-0.39, 0.29) is 6.04 Å². The molecule has 2 atom stereocenters. The molecule has 2 aromatic rings.